The van der Waals surface area contributed by atoms with Gasteiger partial charge in [-0.15, -0.1) is 4.91 Å². The zero-order valence-corrected chi connectivity index (χ0v) is 26.2. The topological polar surface area (TPSA) is 111 Å². The van der Waals surface area contributed by atoms with Crippen LogP contribution in [0.3, 0.4) is 0 Å². The molecule has 0 heterocycles. The summed E-state index contributed by atoms with van der Waals surface area (Å²) in [5, 5.41) is 24.0. The number of carbonyl (C=O) groups is 2. The van der Waals surface area contributed by atoms with Crippen molar-refractivity contribution in [3.05, 3.63) is 111 Å². The molecule has 0 saturated carbocycles. The van der Waals surface area contributed by atoms with Crippen LogP contribution in [0.2, 0.25) is 0 Å². The van der Waals surface area contributed by atoms with Gasteiger partial charge in [-0.3, -0.25) is 9.59 Å². The van der Waals surface area contributed by atoms with Gasteiger partial charge < -0.3 is 20.0 Å². The molecule has 1 unspecified atom stereocenters. The highest BCUT2D eigenvalue weighted by atomic mass is 16.3. The summed E-state index contributed by atoms with van der Waals surface area (Å²) in [5.41, 5.74) is 3.05. The van der Waals surface area contributed by atoms with E-state index in [9.17, 15) is 24.7 Å². The Morgan fingerprint density at radius 3 is 2.09 bits per heavy atom. The van der Waals surface area contributed by atoms with Crippen LogP contribution in [0, 0.1) is 11.8 Å². The molecule has 0 aromatic heterocycles. The largest absolute Gasteiger partial charge is 0.395 e. The second-order valence-corrected chi connectivity index (χ2v) is 12.5. The number of hydrogen-bond donors (Lipinski definition) is 2. The van der Waals surface area contributed by atoms with Crippen LogP contribution < -0.4 is 0 Å². The van der Waals surface area contributed by atoms with E-state index in [0.717, 1.165) is 22.3 Å². The summed E-state index contributed by atoms with van der Waals surface area (Å²) in [6.45, 7) is 11.1. The Hall–Kier alpha value is -3.88. The van der Waals surface area contributed by atoms with Gasteiger partial charge in [0.1, 0.15) is 0 Å². The van der Waals surface area contributed by atoms with E-state index in [4.69, 9.17) is 0 Å². The molecule has 230 valence electrons. The predicted molar refractivity (Wildman–Crippen MR) is 170 cm³/mol. The van der Waals surface area contributed by atoms with Crippen molar-refractivity contribution in [1.29, 1.82) is 0 Å². The van der Waals surface area contributed by atoms with Crippen molar-refractivity contribution in [3.8, 4) is 0 Å². The number of aryl methyl sites for hydroxylation is 2. The van der Waals surface area contributed by atoms with Crippen LogP contribution in [0.4, 0.5) is 0 Å². The molecule has 8 heteroatoms. The van der Waals surface area contributed by atoms with Gasteiger partial charge in [0.15, 0.2) is 6.67 Å². The number of aliphatic hydroxyl groups excluding tert-OH is 2. The van der Waals surface area contributed by atoms with Gasteiger partial charge in [0.2, 0.25) is 0 Å². The normalized spacial score (nSPS) is 12.5. The fourth-order valence-corrected chi connectivity index (χ4v) is 5.36. The summed E-state index contributed by atoms with van der Waals surface area (Å²) in [7, 11) is 0. The van der Waals surface area contributed by atoms with Crippen LogP contribution in [0.5, 0.6) is 0 Å². The Kier molecular flexibility index (Phi) is 11.4. The van der Waals surface area contributed by atoms with Gasteiger partial charge in [-0.1, -0.05) is 66.2 Å². The van der Waals surface area contributed by atoms with E-state index >= 15 is 0 Å². The smallest absolute Gasteiger partial charge is 0.256 e. The number of nitrogens with zero attached hydrogens (tertiary/aromatic N) is 3. The molecule has 0 aliphatic carbocycles. The first-order valence-electron chi connectivity index (χ1n) is 14.8. The minimum absolute atomic E-state index is 0.159. The maximum absolute atomic E-state index is 14.1. The van der Waals surface area contributed by atoms with Crippen LogP contribution in [0.1, 0.15) is 84.0 Å². The molecule has 3 rings (SSSR count). The molecule has 0 fully saturated rings. The Labute approximate surface area is 255 Å². The molecule has 8 nitrogen and oxygen atoms in total. The summed E-state index contributed by atoms with van der Waals surface area (Å²) < 4.78 is 0. The number of aliphatic hydroxyl groups is 2. The Balaban J connectivity index is 1.83. The zero-order chi connectivity index (χ0) is 31.8. The number of nitroso groups, excluding NO2 is 1. The first-order valence-corrected chi connectivity index (χ1v) is 14.8. The van der Waals surface area contributed by atoms with Crippen molar-refractivity contribution < 1.29 is 19.8 Å². The summed E-state index contributed by atoms with van der Waals surface area (Å²) in [6.07, 6.45) is 0.270. The second-order valence-electron chi connectivity index (χ2n) is 12.5. The van der Waals surface area contributed by atoms with Crippen molar-refractivity contribution >= 4 is 11.8 Å². The van der Waals surface area contributed by atoms with Gasteiger partial charge in [0.05, 0.1) is 18.2 Å². The monoisotopic (exact) mass is 587 g/mol. The molecule has 0 aliphatic heterocycles. The summed E-state index contributed by atoms with van der Waals surface area (Å²) in [5.74, 6) is -0.496. The molecule has 0 spiro atoms. The molecular weight excluding hydrogens is 542 g/mol. The number of amides is 2. The van der Waals surface area contributed by atoms with E-state index in [2.05, 4.69) is 5.18 Å². The standard InChI is InChI=1S/C35H45N3O5/c1-25-16-17-27(31(22-25)33(42)37(20-21-39)35(5,6)28-13-8-7-9-14-28)23-29(40)19-18-26-12-10-11-15-30(26)32(41)38(24-36-43)34(2,3)4/h7-17,22,29,39-40H,18-21,23-24H2,1-6H3. The molecule has 0 bridgehead atoms. The third kappa shape index (κ3) is 8.36. The van der Waals surface area contributed by atoms with E-state index in [1.807, 2.05) is 102 Å². The number of hydrogen-bond acceptors (Lipinski definition) is 6. The molecule has 2 amide bonds. The van der Waals surface area contributed by atoms with Crippen molar-refractivity contribution in [2.45, 2.75) is 78.0 Å². The summed E-state index contributed by atoms with van der Waals surface area (Å²) in [6, 6.07) is 22.6. The number of benzene rings is 3. The molecule has 0 aliphatic rings. The first kappa shape index (κ1) is 33.6. The van der Waals surface area contributed by atoms with E-state index in [1.54, 1.807) is 17.0 Å². The molecule has 2 N–H and O–H groups in total. The highest BCUT2D eigenvalue weighted by Crippen LogP contribution is 2.30. The maximum Gasteiger partial charge on any atom is 0.256 e. The lowest BCUT2D eigenvalue weighted by molar-refractivity contribution is 0.0478. The molecule has 3 aromatic carbocycles. The third-order valence-corrected chi connectivity index (χ3v) is 7.92. The van der Waals surface area contributed by atoms with Crippen LogP contribution in [-0.2, 0) is 18.4 Å². The van der Waals surface area contributed by atoms with Crippen molar-refractivity contribution in [2.24, 2.45) is 5.18 Å². The fourth-order valence-electron chi connectivity index (χ4n) is 5.36. The molecule has 0 radical (unpaired) electrons. The highest BCUT2D eigenvalue weighted by Gasteiger charge is 2.34. The van der Waals surface area contributed by atoms with Crippen LogP contribution in [-0.4, -0.2) is 63.3 Å². The average molecular weight is 588 g/mol. The minimum atomic E-state index is -0.777. The number of carbonyl (C=O) groups excluding carboxylic acids is 2. The van der Waals surface area contributed by atoms with E-state index in [-0.39, 0.29) is 38.1 Å². The van der Waals surface area contributed by atoms with Crippen LogP contribution in [0.25, 0.3) is 0 Å². The number of rotatable bonds is 13. The first-order chi connectivity index (χ1) is 20.3. The van der Waals surface area contributed by atoms with Gasteiger partial charge in [-0.25, -0.2) is 0 Å². The predicted octanol–water partition coefficient (Wildman–Crippen LogP) is 5.87. The lowest BCUT2D eigenvalue weighted by atomic mass is 9.89. The third-order valence-electron chi connectivity index (χ3n) is 7.92. The zero-order valence-electron chi connectivity index (χ0n) is 26.2. The van der Waals surface area contributed by atoms with Gasteiger partial charge in [-0.05, 0) is 94.8 Å². The van der Waals surface area contributed by atoms with Crippen molar-refractivity contribution in [1.82, 2.24) is 9.80 Å². The van der Waals surface area contributed by atoms with Gasteiger partial charge in [-0.2, -0.15) is 0 Å². The highest BCUT2D eigenvalue weighted by molar-refractivity contribution is 5.97. The van der Waals surface area contributed by atoms with Gasteiger partial charge >= 0.3 is 0 Å². The minimum Gasteiger partial charge on any atom is -0.395 e. The quantitative estimate of drug-likeness (QED) is 0.243. The SMILES string of the molecule is Cc1ccc(CC(O)CCc2ccccc2C(=O)N(CN=O)C(C)(C)C)c(C(=O)N(CCO)C(C)(C)c2ccccc2)c1. The van der Waals surface area contributed by atoms with Crippen LogP contribution >= 0.6 is 0 Å². The summed E-state index contributed by atoms with van der Waals surface area (Å²) >= 11 is 0. The Bertz CT molecular complexity index is 1400. The molecule has 0 saturated heterocycles. The lowest BCUT2D eigenvalue weighted by Crippen LogP contribution is -2.47. The Morgan fingerprint density at radius 2 is 1.47 bits per heavy atom. The van der Waals surface area contributed by atoms with E-state index in [0.29, 0.717) is 24.0 Å². The fraction of sp³-hybridized carbons (Fsp3) is 0.429. The van der Waals surface area contributed by atoms with Crippen LogP contribution in [0.15, 0.2) is 78.0 Å². The molecule has 1 atom stereocenters. The van der Waals surface area contributed by atoms with Gasteiger partial charge in [0.25, 0.3) is 11.8 Å². The maximum atomic E-state index is 14.1. The second kappa shape index (κ2) is 14.5. The van der Waals surface area contributed by atoms with E-state index in [1.165, 1.54) is 4.90 Å². The lowest BCUT2D eigenvalue weighted by Gasteiger charge is -2.39. The Morgan fingerprint density at radius 1 is 0.837 bits per heavy atom. The molecule has 3 aromatic rings. The summed E-state index contributed by atoms with van der Waals surface area (Å²) in [4.78, 5) is 41.6. The average Bonchev–Trinajstić information content (AvgIpc) is 2.97. The van der Waals surface area contributed by atoms with Gasteiger partial charge in [0, 0.05) is 23.2 Å². The molecule has 43 heavy (non-hydrogen) atoms. The van der Waals surface area contributed by atoms with E-state index < -0.39 is 17.2 Å². The molecular formula is C35H45N3O5. The van der Waals surface area contributed by atoms with Crippen molar-refractivity contribution in [3.63, 3.8) is 0 Å². The van der Waals surface area contributed by atoms with Crippen molar-refractivity contribution in [2.75, 3.05) is 19.8 Å².